The number of hydrogen-bond donors (Lipinski definition) is 1. The van der Waals surface area contributed by atoms with Gasteiger partial charge in [-0.3, -0.25) is 14.7 Å². The first kappa shape index (κ1) is 22.3. The van der Waals surface area contributed by atoms with E-state index in [1.807, 2.05) is 6.92 Å². The van der Waals surface area contributed by atoms with E-state index in [9.17, 15) is 22.8 Å². The van der Waals surface area contributed by atoms with Crippen LogP contribution in [0.3, 0.4) is 0 Å². The second-order valence-electron chi connectivity index (χ2n) is 7.56. The van der Waals surface area contributed by atoms with Crippen LogP contribution in [0.5, 0.6) is 11.6 Å². The van der Waals surface area contributed by atoms with E-state index in [2.05, 4.69) is 24.9 Å². The molecule has 4 aromatic rings. The third kappa shape index (κ3) is 4.00. The molecule has 1 aromatic carbocycles. The molecule has 0 atom stereocenters. The molecule has 0 spiro atoms. The fourth-order valence-corrected chi connectivity index (χ4v) is 3.69. The standard InChI is InChI=1S/C22H16F3N7O3/c1-2-12-5-14(3-4-16(12)35-20-18-19(28-10-27-18)29-11-30-20)32-17(33)9-31(21(32)34)15-6-13(7-26-8-15)22(23,24)25/h3-8,10-11H,2,9H2,1H3,(H,27,28,29,30). The van der Waals surface area contributed by atoms with E-state index >= 15 is 0 Å². The maximum atomic E-state index is 13.1. The first-order valence-corrected chi connectivity index (χ1v) is 10.4. The minimum absolute atomic E-state index is 0.122. The number of alkyl halides is 3. The third-order valence-electron chi connectivity index (χ3n) is 5.41. The van der Waals surface area contributed by atoms with Crippen molar-refractivity contribution >= 4 is 34.5 Å². The second-order valence-corrected chi connectivity index (χ2v) is 7.56. The zero-order chi connectivity index (χ0) is 24.7. The van der Waals surface area contributed by atoms with Gasteiger partial charge in [0.05, 0.1) is 29.5 Å². The Morgan fingerprint density at radius 3 is 2.69 bits per heavy atom. The normalized spacial score (nSPS) is 14.3. The van der Waals surface area contributed by atoms with Gasteiger partial charge in [-0.05, 0) is 36.2 Å². The van der Waals surface area contributed by atoms with E-state index in [1.165, 1.54) is 18.7 Å². The van der Waals surface area contributed by atoms with Gasteiger partial charge in [-0.15, -0.1) is 0 Å². The van der Waals surface area contributed by atoms with Crippen molar-refractivity contribution in [2.45, 2.75) is 19.5 Å². The number of hydrogen-bond acceptors (Lipinski definition) is 7. The number of imidazole rings is 1. The average molecular weight is 483 g/mol. The number of carbonyl (C=O) groups is 2. The number of halogens is 3. The number of H-pyrrole nitrogens is 1. The number of carbonyl (C=O) groups excluding carboxylic acids is 2. The predicted molar refractivity (Wildman–Crippen MR) is 117 cm³/mol. The molecule has 0 radical (unpaired) electrons. The molecule has 0 bridgehead atoms. The second kappa shape index (κ2) is 8.34. The maximum absolute atomic E-state index is 13.1. The molecule has 1 aliphatic heterocycles. The van der Waals surface area contributed by atoms with Crippen molar-refractivity contribution < 1.29 is 27.5 Å². The Kier molecular flexibility index (Phi) is 5.30. The van der Waals surface area contributed by atoms with E-state index in [4.69, 9.17) is 4.74 Å². The van der Waals surface area contributed by atoms with Crippen LogP contribution < -0.4 is 14.5 Å². The number of imide groups is 1. The lowest BCUT2D eigenvalue weighted by Crippen LogP contribution is -2.33. The van der Waals surface area contributed by atoms with Crippen molar-refractivity contribution in [2.24, 2.45) is 0 Å². The zero-order valence-electron chi connectivity index (χ0n) is 18.1. The summed E-state index contributed by atoms with van der Waals surface area (Å²) in [7, 11) is 0. The Morgan fingerprint density at radius 2 is 1.91 bits per heavy atom. The highest BCUT2D eigenvalue weighted by Crippen LogP contribution is 2.35. The summed E-state index contributed by atoms with van der Waals surface area (Å²) < 4.78 is 45.2. The molecule has 10 nitrogen and oxygen atoms in total. The summed E-state index contributed by atoms with van der Waals surface area (Å²) >= 11 is 0. The predicted octanol–water partition coefficient (Wildman–Crippen LogP) is 4.09. The monoisotopic (exact) mass is 483 g/mol. The Hall–Kier alpha value is -4.55. The lowest BCUT2D eigenvalue weighted by molar-refractivity contribution is -0.137. The van der Waals surface area contributed by atoms with Gasteiger partial charge in [-0.2, -0.15) is 18.2 Å². The molecule has 1 fully saturated rings. The SMILES string of the molecule is CCc1cc(N2C(=O)CN(c3cncc(C(F)(F)F)c3)C2=O)ccc1Oc1ncnc2nc[nH]c12. The molecule has 1 aliphatic rings. The minimum Gasteiger partial charge on any atom is -0.437 e. The summed E-state index contributed by atoms with van der Waals surface area (Å²) in [6.07, 6.45) is 0.412. The Balaban J connectivity index is 1.44. The molecule has 3 aromatic heterocycles. The van der Waals surface area contributed by atoms with E-state index in [0.29, 0.717) is 35.1 Å². The number of rotatable bonds is 5. The van der Waals surface area contributed by atoms with Gasteiger partial charge in [0.15, 0.2) is 5.65 Å². The van der Waals surface area contributed by atoms with Gasteiger partial charge < -0.3 is 9.72 Å². The molecule has 0 saturated carbocycles. The van der Waals surface area contributed by atoms with Crippen molar-refractivity contribution in [1.82, 2.24) is 24.9 Å². The van der Waals surface area contributed by atoms with Crippen LogP contribution in [0.15, 0.2) is 49.3 Å². The van der Waals surface area contributed by atoms with Gasteiger partial charge in [0.1, 0.15) is 24.1 Å². The van der Waals surface area contributed by atoms with Crippen LogP contribution in [0, 0.1) is 0 Å². The van der Waals surface area contributed by atoms with Crippen LogP contribution in [0.25, 0.3) is 11.2 Å². The number of pyridine rings is 1. The quantitative estimate of drug-likeness (QED) is 0.425. The van der Waals surface area contributed by atoms with Crippen molar-refractivity contribution in [3.63, 3.8) is 0 Å². The minimum atomic E-state index is -4.63. The highest BCUT2D eigenvalue weighted by molar-refractivity contribution is 6.27. The van der Waals surface area contributed by atoms with Crippen molar-refractivity contribution in [3.05, 3.63) is 60.4 Å². The first-order chi connectivity index (χ1) is 16.8. The lowest BCUT2D eigenvalue weighted by atomic mass is 10.1. The number of ether oxygens (including phenoxy) is 1. The molecular weight excluding hydrogens is 467 g/mol. The van der Waals surface area contributed by atoms with E-state index in [-0.39, 0.29) is 17.3 Å². The van der Waals surface area contributed by atoms with Crippen molar-refractivity contribution in [2.75, 3.05) is 16.3 Å². The molecule has 0 aliphatic carbocycles. The van der Waals surface area contributed by atoms with Gasteiger partial charge >= 0.3 is 12.2 Å². The molecule has 0 unspecified atom stereocenters. The maximum Gasteiger partial charge on any atom is 0.417 e. The van der Waals surface area contributed by atoms with E-state index < -0.39 is 30.2 Å². The van der Waals surface area contributed by atoms with Crippen LogP contribution in [-0.2, 0) is 17.4 Å². The summed E-state index contributed by atoms with van der Waals surface area (Å²) in [5.41, 5.74) is 0.744. The van der Waals surface area contributed by atoms with E-state index in [1.54, 1.807) is 12.1 Å². The third-order valence-corrected chi connectivity index (χ3v) is 5.41. The number of fused-ring (bicyclic) bond motifs is 1. The van der Waals surface area contributed by atoms with Crippen molar-refractivity contribution in [1.29, 1.82) is 0 Å². The Labute approximate surface area is 195 Å². The fourth-order valence-electron chi connectivity index (χ4n) is 3.69. The number of nitrogens with one attached hydrogen (secondary N) is 1. The largest absolute Gasteiger partial charge is 0.437 e. The van der Waals surface area contributed by atoms with Crippen LogP contribution in [0.2, 0.25) is 0 Å². The van der Waals surface area contributed by atoms with Crippen LogP contribution >= 0.6 is 0 Å². The number of urea groups is 1. The van der Waals surface area contributed by atoms with Crippen molar-refractivity contribution in [3.8, 4) is 11.6 Å². The summed E-state index contributed by atoms with van der Waals surface area (Å²) in [6, 6.07) is 4.73. The number of aromatic amines is 1. The molecule has 178 valence electrons. The Bertz CT molecular complexity index is 1450. The number of nitrogens with zero attached hydrogens (tertiary/aromatic N) is 6. The molecule has 5 rings (SSSR count). The smallest absolute Gasteiger partial charge is 0.417 e. The highest BCUT2D eigenvalue weighted by Gasteiger charge is 2.39. The number of anilines is 2. The topological polar surface area (TPSA) is 117 Å². The first-order valence-electron chi connectivity index (χ1n) is 10.4. The summed E-state index contributed by atoms with van der Waals surface area (Å²) in [6.45, 7) is 1.45. The van der Waals surface area contributed by atoms with E-state index in [0.717, 1.165) is 22.1 Å². The Morgan fingerprint density at radius 1 is 1.09 bits per heavy atom. The van der Waals surface area contributed by atoms with Gasteiger partial charge in [0, 0.05) is 6.20 Å². The highest BCUT2D eigenvalue weighted by atomic mass is 19.4. The van der Waals surface area contributed by atoms with Crippen LogP contribution in [0.4, 0.5) is 29.3 Å². The molecule has 35 heavy (non-hydrogen) atoms. The summed E-state index contributed by atoms with van der Waals surface area (Å²) in [5.74, 6) is 0.119. The van der Waals surface area contributed by atoms with Gasteiger partial charge in [0.25, 0.3) is 5.91 Å². The molecule has 1 N–H and O–H groups in total. The fraction of sp³-hybridized carbons (Fsp3) is 0.182. The van der Waals surface area contributed by atoms with Gasteiger partial charge in [0.2, 0.25) is 5.88 Å². The van der Waals surface area contributed by atoms with Gasteiger partial charge in [-0.1, -0.05) is 6.92 Å². The average Bonchev–Trinajstić information content (AvgIpc) is 3.43. The molecule has 1 saturated heterocycles. The number of aryl methyl sites for hydroxylation is 1. The zero-order valence-corrected chi connectivity index (χ0v) is 18.1. The number of benzene rings is 1. The summed E-state index contributed by atoms with van der Waals surface area (Å²) in [5, 5.41) is 0. The molecular formula is C22H16F3N7O3. The summed E-state index contributed by atoms with van der Waals surface area (Å²) in [4.78, 5) is 46.3. The molecule has 13 heteroatoms. The molecule has 4 heterocycles. The van der Waals surface area contributed by atoms with Crippen LogP contribution in [-0.4, -0.2) is 43.4 Å². The van der Waals surface area contributed by atoms with Gasteiger partial charge in [-0.25, -0.2) is 19.7 Å². The number of aromatic nitrogens is 5. The van der Waals surface area contributed by atoms with Crippen LogP contribution in [0.1, 0.15) is 18.1 Å². The molecule has 3 amide bonds. The number of amides is 3. The lowest BCUT2D eigenvalue weighted by Gasteiger charge is -2.19.